The van der Waals surface area contributed by atoms with E-state index in [-0.39, 0.29) is 5.91 Å². The van der Waals surface area contributed by atoms with Gasteiger partial charge < -0.3 is 9.64 Å². The van der Waals surface area contributed by atoms with E-state index in [1.54, 1.807) is 7.11 Å². The van der Waals surface area contributed by atoms with Gasteiger partial charge in [0.15, 0.2) is 0 Å². The summed E-state index contributed by atoms with van der Waals surface area (Å²) in [5.41, 5.74) is 1.27. The zero-order valence-corrected chi connectivity index (χ0v) is 12.6. The number of carbonyl (C=O) groups excluding carboxylic acids is 1. The number of hydrogen-bond donors (Lipinski definition) is 0. The smallest absolute Gasteiger partial charge is 0.224 e. The molecule has 0 N–H and O–H groups in total. The topological polar surface area (TPSA) is 45.7 Å². The first kappa shape index (κ1) is 14.5. The Hall–Kier alpha value is -1.46. The van der Waals surface area contributed by atoms with Gasteiger partial charge in [0.2, 0.25) is 5.91 Å². The Morgan fingerprint density at radius 3 is 2.71 bits per heavy atom. The second kappa shape index (κ2) is 6.54. The van der Waals surface area contributed by atoms with Gasteiger partial charge in [-0.1, -0.05) is 6.07 Å². The molecule has 2 aliphatic heterocycles. The van der Waals surface area contributed by atoms with Crippen molar-refractivity contribution >= 4 is 5.91 Å². The van der Waals surface area contributed by atoms with E-state index in [4.69, 9.17) is 4.74 Å². The van der Waals surface area contributed by atoms with Gasteiger partial charge in [0.1, 0.15) is 0 Å². The van der Waals surface area contributed by atoms with Gasteiger partial charge in [-0.05, 0) is 23.5 Å². The van der Waals surface area contributed by atoms with E-state index in [1.807, 2.05) is 23.4 Å². The van der Waals surface area contributed by atoms with Crippen molar-refractivity contribution < 1.29 is 9.53 Å². The van der Waals surface area contributed by atoms with Crippen LogP contribution in [0.3, 0.4) is 0 Å². The molecule has 2 atom stereocenters. The van der Waals surface area contributed by atoms with Crippen LogP contribution in [0.5, 0.6) is 0 Å². The first-order chi connectivity index (χ1) is 10.3. The van der Waals surface area contributed by atoms with Gasteiger partial charge >= 0.3 is 0 Å². The first-order valence-electron chi connectivity index (χ1n) is 7.64. The highest BCUT2D eigenvalue weighted by molar-refractivity contribution is 5.76. The number of ether oxygens (including phenoxy) is 1. The fourth-order valence-corrected chi connectivity index (χ4v) is 3.52. The van der Waals surface area contributed by atoms with Gasteiger partial charge in [-0.3, -0.25) is 14.7 Å². The lowest BCUT2D eigenvalue weighted by molar-refractivity contribution is -0.131. The van der Waals surface area contributed by atoms with Gasteiger partial charge in [-0.2, -0.15) is 0 Å². The van der Waals surface area contributed by atoms with Crippen molar-refractivity contribution in [3.05, 3.63) is 30.1 Å². The third-order valence-electron chi connectivity index (χ3n) is 4.56. The number of nitrogens with zero attached hydrogens (tertiary/aromatic N) is 3. The highest BCUT2D eigenvalue weighted by atomic mass is 16.5. The van der Waals surface area contributed by atoms with Gasteiger partial charge in [0.25, 0.3) is 0 Å². The Bertz CT molecular complexity index is 466. The summed E-state index contributed by atoms with van der Waals surface area (Å²) in [6.45, 7) is 5.50. The maximum atomic E-state index is 12.0. The molecule has 0 radical (unpaired) electrons. The first-order valence-corrected chi connectivity index (χ1v) is 7.64. The molecule has 21 heavy (non-hydrogen) atoms. The van der Waals surface area contributed by atoms with Crippen LogP contribution < -0.4 is 0 Å². The second-order valence-electron chi connectivity index (χ2n) is 6.12. The molecule has 5 nitrogen and oxygen atoms in total. The fourth-order valence-electron chi connectivity index (χ4n) is 3.52. The van der Waals surface area contributed by atoms with Crippen molar-refractivity contribution in [1.82, 2.24) is 14.8 Å². The third-order valence-corrected chi connectivity index (χ3v) is 4.56. The molecule has 114 valence electrons. The van der Waals surface area contributed by atoms with Crippen molar-refractivity contribution in [3.63, 3.8) is 0 Å². The van der Waals surface area contributed by atoms with Crippen molar-refractivity contribution in [2.24, 2.45) is 11.8 Å². The van der Waals surface area contributed by atoms with E-state index < -0.39 is 0 Å². The lowest BCUT2D eigenvalue weighted by atomic mass is 10.0. The average Bonchev–Trinajstić information content (AvgIpc) is 3.04. The molecule has 1 aromatic rings. The number of hydrogen-bond acceptors (Lipinski definition) is 4. The third kappa shape index (κ3) is 3.41. The second-order valence-corrected chi connectivity index (χ2v) is 6.12. The maximum absolute atomic E-state index is 12.0. The molecule has 2 fully saturated rings. The SMILES string of the molecule is COCCC(=O)N1C[C@H]2CN(Cc3cccnc3)C[C@H]2C1. The Morgan fingerprint density at radius 2 is 2.10 bits per heavy atom. The molecule has 1 amide bonds. The highest BCUT2D eigenvalue weighted by Crippen LogP contribution is 2.32. The molecule has 3 rings (SSSR count). The minimum atomic E-state index is 0.241. The standard InChI is InChI=1S/C16H23N3O2/c1-21-6-4-16(20)19-11-14-9-18(10-15(14)12-19)8-13-3-2-5-17-7-13/h2-3,5,7,14-15H,4,6,8-12H2,1H3/t14-,15+. The molecule has 2 saturated heterocycles. The van der Waals surface area contributed by atoms with Crippen LogP contribution >= 0.6 is 0 Å². The largest absolute Gasteiger partial charge is 0.384 e. The summed E-state index contributed by atoms with van der Waals surface area (Å²) < 4.78 is 4.99. The Balaban J connectivity index is 1.49. The van der Waals surface area contributed by atoms with Crippen LogP contribution in [0.4, 0.5) is 0 Å². The zero-order valence-electron chi connectivity index (χ0n) is 12.6. The summed E-state index contributed by atoms with van der Waals surface area (Å²) >= 11 is 0. The Labute approximate surface area is 125 Å². The number of methoxy groups -OCH3 is 1. The van der Waals surface area contributed by atoms with Gasteiger partial charge in [0, 0.05) is 52.2 Å². The molecular formula is C16H23N3O2. The molecule has 1 aromatic heterocycles. The normalized spacial score (nSPS) is 25.3. The monoisotopic (exact) mass is 289 g/mol. The van der Waals surface area contributed by atoms with E-state index in [0.29, 0.717) is 24.9 Å². The lowest BCUT2D eigenvalue weighted by Gasteiger charge is -2.21. The number of fused-ring (bicyclic) bond motifs is 1. The summed E-state index contributed by atoms with van der Waals surface area (Å²) in [7, 11) is 1.64. The van der Waals surface area contributed by atoms with E-state index in [0.717, 1.165) is 32.7 Å². The maximum Gasteiger partial charge on any atom is 0.224 e. The van der Waals surface area contributed by atoms with Crippen LogP contribution in [-0.2, 0) is 16.1 Å². The van der Waals surface area contributed by atoms with E-state index in [9.17, 15) is 4.79 Å². The van der Waals surface area contributed by atoms with Crippen molar-refractivity contribution in [1.29, 1.82) is 0 Å². The summed E-state index contributed by atoms with van der Waals surface area (Å²) in [6, 6.07) is 4.12. The molecule has 5 heteroatoms. The number of carbonyl (C=O) groups is 1. The zero-order chi connectivity index (χ0) is 14.7. The molecule has 0 saturated carbocycles. The molecule has 2 aliphatic rings. The van der Waals surface area contributed by atoms with E-state index in [2.05, 4.69) is 16.0 Å². The average molecular weight is 289 g/mol. The molecule has 0 spiro atoms. The van der Waals surface area contributed by atoms with Crippen molar-refractivity contribution in [2.75, 3.05) is 39.9 Å². The minimum Gasteiger partial charge on any atom is -0.384 e. The summed E-state index contributed by atoms with van der Waals surface area (Å²) in [4.78, 5) is 20.7. The number of rotatable bonds is 5. The Kier molecular flexibility index (Phi) is 4.51. The Morgan fingerprint density at radius 1 is 1.33 bits per heavy atom. The van der Waals surface area contributed by atoms with Crippen LogP contribution in [0, 0.1) is 11.8 Å². The van der Waals surface area contributed by atoms with Crippen molar-refractivity contribution in [2.45, 2.75) is 13.0 Å². The number of amides is 1. The van der Waals surface area contributed by atoms with Crippen LogP contribution in [-0.4, -0.2) is 60.6 Å². The predicted molar refractivity (Wildman–Crippen MR) is 79.6 cm³/mol. The quantitative estimate of drug-likeness (QED) is 0.811. The van der Waals surface area contributed by atoms with Crippen LogP contribution in [0.15, 0.2) is 24.5 Å². The van der Waals surface area contributed by atoms with Crippen LogP contribution in [0.2, 0.25) is 0 Å². The summed E-state index contributed by atoms with van der Waals surface area (Å²) in [5.74, 6) is 1.51. The fraction of sp³-hybridized carbons (Fsp3) is 0.625. The molecule has 0 aliphatic carbocycles. The molecule has 0 aromatic carbocycles. The molecule has 0 bridgehead atoms. The number of likely N-dealkylation sites (tertiary alicyclic amines) is 2. The summed E-state index contributed by atoms with van der Waals surface area (Å²) in [6.07, 6.45) is 4.26. The van der Waals surface area contributed by atoms with Gasteiger partial charge in [-0.15, -0.1) is 0 Å². The van der Waals surface area contributed by atoms with Gasteiger partial charge in [-0.25, -0.2) is 0 Å². The minimum absolute atomic E-state index is 0.241. The van der Waals surface area contributed by atoms with Crippen LogP contribution in [0.1, 0.15) is 12.0 Å². The van der Waals surface area contributed by atoms with Crippen molar-refractivity contribution in [3.8, 4) is 0 Å². The molecule has 0 unspecified atom stereocenters. The lowest BCUT2D eigenvalue weighted by Crippen LogP contribution is -2.33. The number of pyridine rings is 1. The summed E-state index contributed by atoms with van der Waals surface area (Å²) in [5, 5.41) is 0. The molecular weight excluding hydrogens is 266 g/mol. The van der Waals surface area contributed by atoms with E-state index in [1.165, 1.54) is 5.56 Å². The highest BCUT2D eigenvalue weighted by Gasteiger charge is 2.41. The predicted octanol–water partition coefficient (Wildman–Crippen LogP) is 1.01. The number of aromatic nitrogens is 1. The molecule has 3 heterocycles. The van der Waals surface area contributed by atoms with E-state index >= 15 is 0 Å². The van der Waals surface area contributed by atoms with Gasteiger partial charge in [0.05, 0.1) is 13.0 Å². The van der Waals surface area contributed by atoms with Crippen LogP contribution in [0.25, 0.3) is 0 Å².